The van der Waals surface area contributed by atoms with E-state index in [1.165, 1.54) is 16.4 Å². The molecule has 0 spiro atoms. The molecule has 9 heteroatoms. The third kappa shape index (κ3) is 5.30. The van der Waals surface area contributed by atoms with E-state index < -0.39 is 33.9 Å². The molecule has 0 aromatic heterocycles. The first-order valence-electron chi connectivity index (χ1n) is 8.95. The minimum atomic E-state index is -3.69. The first-order valence-corrected chi connectivity index (χ1v) is 11.2. The molecule has 2 rings (SSSR count). The fraction of sp³-hybridized carbons (Fsp3) is 0.556. The molecule has 3 atom stereocenters. The number of carbonyl (C=O) groups is 2. The lowest BCUT2D eigenvalue weighted by molar-refractivity contribution is -0.144. The average molecular weight is 461 g/mol. The second-order valence-corrected chi connectivity index (χ2v) is 9.72. The van der Waals surface area contributed by atoms with E-state index >= 15 is 0 Å². The van der Waals surface area contributed by atoms with Crippen molar-refractivity contribution in [3.05, 3.63) is 28.7 Å². The molecule has 150 valence electrons. The minimum Gasteiger partial charge on any atom is -0.480 e. The zero-order chi connectivity index (χ0) is 20.2. The number of aliphatic carboxylic acids is 1. The number of nitrogens with one attached hydrogen (secondary N) is 1. The van der Waals surface area contributed by atoms with Crippen molar-refractivity contribution < 1.29 is 23.1 Å². The highest BCUT2D eigenvalue weighted by atomic mass is 79.9. The zero-order valence-electron chi connectivity index (χ0n) is 15.4. The molecule has 0 saturated carbocycles. The lowest BCUT2D eigenvalue weighted by Crippen LogP contribution is -2.51. The predicted molar refractivity (Wildman–Crippen MR) is 105 cm³/mol. The van der Waals surface area contributed by atoms with Gasteiger partial charge < -0.3 is 10.4 Å². The van der Waals surface area contributed by atoms with E-state index in [2.05, 4.69) is 21.2 Å². The molecule has 1 fully saturated rings. The first kappa shape index (κ1) is 21.8. The molecule has 2 unspecified atom stereocenters. The highest BCUT2D eigenvalue weighted by Crippen LogP contribution is 2.25. The van der Waals surface area contributed by atoms with Gasteiger partial charge in [0, 0.05) is 17.6 Å². The summed E-state index contributed by atoms with van der Waals surface area (Å²) < 4.78 is 27.8. The molecule has 1 heterocycles. The Bertz CT molecular complexity index is 781. The van der Waals surface area contributed by atoms with Crippen LogP contribution in [0.1, 0.15) is 33.1 Å². The number of carboxylic acid groups (broad SMARTS) is 1. The number of halogens is 1. The number of piperidine rings is 1. The summed E-state index contributed by atoms with van der Waals surface area (Å²) in [5, 5.41) is 11.9. The van der Waals surface area contributed by atoms with Gasteiger partial charge in [0.05, 0.1) is 10.8 Å². The van der Waals surface area contributed by atoms with Crippen LogP contribution in [0.4, 0.5) is 0 Å². The maximum absolute atomic E-state index is 12.8. The maximum Gasteiger partial charge on any atom is 0.326 e. The summed E-state index contributed by atoms with van der Waals surface area (Å²) in [7, 11) is -3.69. The van der Waals surface area contributed by atoms with Crippen LogP contribution in [0.15, 0.2) is 33.6 Å². The van der Waals surface area contributed by atoms with E-state index in [0.29, 0.717) is 25.8 Å². The van der Waals surface area contributed by atoms with Crippen LogP contribution in [-0.2, 0) is 19.6 Å². The summed E-state index contributed by atoms with van der Waals surface area (Å²) in [6.45, 7) is 4.02. The first-order chi connectivity index (χ1) is 12.7. The molecule has 2 N–H and O–H groups in total. The van der Waals surface area contributed by atoms with E-state index in [0.717, 1.165) is 4.47 Å². The standard InChI is InChI=1S/C18H25BrN2O5S/c1-3-12(2)16(18(23)24)20-17(22)13-5-4-10-21(11-13)27(25,26)15-8-6-14(19)7-9-15/h6-9,12-13,16H,3-5,10-11H2,1-2H3,(H,20,22)(H,23,24)/t12?,13?,16-/m1/s1. The summed E-state index contributed by atoms with van der Waals surface area (Å²) in [4.78, 5) is 24.2. The summed E-state index contributed by atoms with van der Waals surface area (Å²) >= 11 is 3.28. The van der Waals surface area contributed by atoms with Crippen LogP contribution >= 0.6 is 15.9 Å². The predicted octanol–water partition coefficient (Wildman–Crippen LogP) is 2.47. The topological polar surface area (TPSA) is 104 Å². The largest absolute Gasteiger partial charge is 0.480 e. The van der Waals surface area contributed by atoms with Crippen molar-refractivity contribution in [2.24, 2.45) is 11.8 Å². The Morgan fingerprint density at radius 3 is 2.52 bits per heavy atom. The Morgan fingerprint density at radius 2 is 1.96 bits per heavy atom. The molecule has 27 heavy (non-hydrogen) atoms. The van der Waals surface area contributed by atoms with E-state index in [-0.39, 0.29) is 17.4 Å². The number of amides is 1. The van der Waals surface area contributed by atoms with E-state index in [4.69, 9.17) is 0 Å². The summed E-state index contributed by atoms with van der Waals surface area (Å²) in [6.07, 6.45) is 1.70. The summed E-state index contributed by atoms with van der Waals surface area (Å²) in [6, 6.07) is 5.38. The number of hydrogen-bond donors (Lipinski definition) is 2. The molecule has 1 saturated heterocycles. The number of hydrogen-bond acceptors (Lipinski definition) is 4. The Morgan fingerprint density at radius 1 is 1.33 bits per heavy atom. The molecule has 1 aromatic carbocycles. The van der Waals surface area contributed by atoms with E-state index in [1.54, 1.807) is 19.1 Å². The second-order valence-electron chi connectivity index (χ2n) is 6.87. The van der Waals surface area contributed by atoms with E-state index in [1.807, 2.05) is 6.92 Å². The Labute approximate surface area is 168 Å². The number of nitrogens with zero attached hydrogens (tertiary/aromatic N) is 1. The number of benzene rings is 1. The van der Waals surface area contributed by atoms with Crippen molar-refractivity contribution in [2.45, 2.75) is 44.0 Å². The van der Waals surface area contributed by atoms with Crippen LogP contribution < -0.4 is 5.32 Å². The van der Waals surface area contributed by atoms with Crippen LogP contribution in [0.3, 0.4) is 0 Å². The zero-order valence-corrected chi connectivity index (χ0v) is 17.8. The van der Waals surface area contributed by atoms with Crippen molar-refractivity contribution >= 4 is 37.8 Å². The third-order valence-electron chi connectivity index (χ3n) is 4.98. The van der Waals surface area contributed by atoms with Gasteiger partial charge in [-0.15, -0.1) is 0 Å². The number of carbonyl (C=O) groups excluding carboxylic acids is 1. The van der Waals surface area contributed by atoms with Gasteiger partial charge in [0.1, 0.15) is 6.04 Å². The SMILES string of the molecule is CCC(C)[C@@H](NC(=O)C1CCCN(S(=O)(=O)c2ccc(Br)cc2)C1)C(=O)O. The maximum atomic E-state index is 12.8. The molecular weight excluding hydrogens is 436 g/mol. The fourth-order valence-corrected chi connectivity index (χ4v) is 4.87. The smallest absolute Gasteiger partial charge is 0.326 e. The molecule has 0 bridgehead atoms. The summed E-state index contributed by atoms with van der Waals surface area (Å²) in [5.74, 6) is -2.25. The average Bonchev–Trinajstić information content (AvgIpc) is 2.65. The van der Waals surface area contributed by atoms with Crippen molar-refractivity contribution in [3.63, 3.8) is 0 Å². The number of carboxylic acids is 1. The van der Waals surface area contributed by atoms with Crippen molar-refractivity contribution in [1.82, 2.24) is 9.62 Å². The van der Waals surface area contributed by atoms with Gasteiger partial charge in [-0.1, -0.05) is 36.2 Å². The molecule has 1 aliphatic rings. The highest BCUT2D eigenvalue weighted by molar-refractivity contribution is 9.10. The van der Waals surface area contributed by atoms with Crippen LogP contribution in [0.2, 0.25) is 0 Å². The molecule has 1 aromatic rings. The lowest BCUT2D eigenvalue weighted by Gasteiger charge is -2.32. The van der Waals surface area contributed by atoms with Gasteiger partial charge in [-0.3, -0.25) is 4.79 Å². The van der Waals surface area contributed by atoms with Crippen LogP contribution in [-0.4, -0.2) is 48.8 Å². The van der Waals surface area contributed by atoms with Crippen molar-refractivity contribution in [3.8, 4) is 0 Å². The van der Waals surface area contributed by atoms with Crippen molar-refractivity contribution in [2.75, 3.05) is 13.1 Å². The summed E-state index contributed by atoms with van der Waals surface area (Å²) in [5.41, 5.74) is 0. The molecule has 7 nitrogen and oxygen atoms in total. The number of rotatable bonds is 7. The molecule has 1 amide bonds. The van der Waals surface area contributed by atoms with Gasteiger partial charge in [0.15, 0.2) is 0 Å². The normalized spacial score (nSPS) is 20.6. The number of sulfonamides is 1. The Balaban J connectivity index is 2.11. The highest BCUT2D eigenvalue weighted by Gasteiger charge is 2.35. The van der Waals surface area contributed by atoms with Crippen LogP contribution in [0, 0.1) is 11.8 Å². The van der Waals surface area contributed by atoms with Crippen LogP contribution in [0.25, 0.3) is 0 Å². The molecular formula is C18H25BrN2O5S. The van der Waals surface area contributed by atoms with Gasteiger partial charge >= 0.3 is 5.97 Å². The van der Waals surface area contributed by atoms with Gasteiger partial charge in [-0.05, 0) is 43.0 Å². The monoisotopic (exact) mass is 460 g/mol. The molecule has 0 radical (unpaired) electrons. The van der Waals surface area contributed by atoms with Gasteiger partial charge in [0.2, 0.25) is 15.9 Å². The van der Waals surface area contributed by atoms with Gasteiger partial charge in [0.25, 0.3) is 0 Å². The van der Waals surface area contributed by atoms with Gasteiger partial charge in [-0.2, -0.15) is 4.31 Å². The quantitative estimate of drug-likeness (QED) is 0.650. The van der Waals surface area contributed by atoms with Crippen molar-refractivity contribution in [1.29, 1.82) is 0 Å². The minimum absolute atomic E-state index is 0.0527. The Hall–Kier alpha value is -1.45. The third-order valence-corrected chi connectivity index (χ3v) is 7.39. The lowest BCUT2D eigenvalue weighted by atomic mass is 9.95. The Kier molecular flexibility index (Phi) is 7.41. The van der Waals surface area contributed by atoms with Gasteiger partial charge in [-0.25, -0.2) is 13.2 Å². The molecule has 1 aliphatic heterocycles. The van der Waals surface area contributed by atoms with Crippen LogP contribution in [0.5, 0.6) is 0 Å². The fourth-order valence-electron chi connectivity index (χ4n) is 3.08. The molecule has 0 aliphatic carbocycles. The second kappa shape index (κ2) is 9.16. The van der Waals surface area contributed by atoms with E-state index in [9.17, 15) is 23.1 Å².